The Hall–Kier alpha value is -1.95. The molecule has 0 atom stereocenters. The van der Waals surface area contributed by atoms with Crippen LogP contribution in [0.4, 0.5) is 0 Å². The zero-order valence-corrected chi connectivity index (χ0v) is 30.5. The van der Waals surface area contributed by atoms with Gasteiger partial charge in [0.25, 0.3) is 0 Å². The van der Waals surface area contributed by atoms with Crippen molar-refractivity contribution in [2.45, 2.75) is 175 Å². The number of ether oxygens (including phenoxy) is 1. The van der Waals surface area contributed by atoms with E-state index in [9.17, 15) is 14.4 Å². The van der Waals surface area contributed by atoms with E-state index in [1.807, 2.05) is 17.9 Å². The van der Waals surface area contributed by atoms with Crippen LogP contribution < -0.4 is 0 Å². The van der Waals surface area contributed by atoms with E-state index in [4.69, 9.17) is 4.74 Å². The second-order valence-electron chi connectivity index (χ2n) is 13.5. The van der Waals surface area contributed by atoms with Crippen molar-refractivity contribution in [2.24, 2.45) is 0 Å². The molecule has 1 fully saturated rings. The summed E-state index contributed by atoms with van der Waals surface area (Å²) in [5, 5.41) is 0. The second kappa shape index (κ2) is 30.4. The summed E-state index contributed by atoms with van der Waals surface area (Å²) in [6, 6.07) is 0. The fourth-order valence-electron chi connectivity index (χ4n) is 6.24. The second-order valence-corrected chi connectivity index (χ2v) is 13.5. The molecule has 46 heavy (non-hydrogen) atoms. The van der Waals surface area contributed by atoms with E-state index < -0.39 is 0 Å². The van der Waals surface area contributed by atoms with Crippen LogP contribution in [-0.2, 0) is 19.1 Å². The van der Waals surface area contributed by atoms with E-state index in [0.29, 0.717) is 32.4 Å². The van der Waals surface area contributed by atoms with Gasteiger partial charge in [0.2, 0.25) is 5.91 Å². The highest BCUT2D eigenvalue weighted by atomic mass is 16.5. The van der Waals surface area contributed by atoms with Crippen molar-refractivity contribution < 1.29 is 19.1 Å². The number of carbonyl (C=O) groups is 3. The molecule has 1 saturated heterocycles. The molecule has 0 aromatic carbocycles. The number of likely N-dealkylation sites (tertiary alicyclic amines) is 1. The van der Waals surface area contributed by atoms with E-state index in [0.717, 1.165) is 64.7 Å². The minimum absolute atomic E-state index is 0.0863. The molecule has 1 aliphatic heterocycles. The van der Waals surface area contributed by atoms with Crippen LogP contribution in [0.5, 0.6) is 0 Å². The highest BCUT2D eigenvalue weighted by Crippen LogP contribution is 2.18. The minimum Gasteiger partial charge on any atom is -0.465 e. The van der Waals surface area contributed by atoms with Gasteiger partial charge < -0.3 is 9.64 Å². The molecule has 0 spiro atoms. The number of rotatable bonds is 29. The number of nitrogens with zero attached hydrogens (tertiary/aromatic N) is 2. The number of hydrogen-bond acceptors (Lipinski definition) is 5. The summed E-state index contributed by atoms with van der Waals surface area (Å²) < 4.78 is 5.42. The molecule has 1 aliphatic rings. The molecule has 1 heterocycles. The van der Waals surface area contributed by atoms with Gasteiger partial charge in [0, 0.05) is 32.5 Å². The van der Waals surface area contributed by atoms with Gasteiger partial charge in [-0.1, -0.05) is 141 Å². The Bertz CT molecular complexity index is 837. The molecule has 0 bridgehead atoms. The van der Waals surface area contributed by atoms with Crippen LogP contribution in [0, 0.1) is 0 Å². The molecule has 1 amide bonds. The van der Waals surface area contributed by atoms with Crippen molar-refractivity contribution in [1.82, 2.24) is 9.80 Å². The molecular weight excluding hydrogens is 572 g/mol. The SMILES string of the molecule is CCCCCCCCCCCCCCN(C/C=C\CCOC(=O)CCCCCCCC)CC(=O)/C=C1/CCCN(C(=O)CC)CC1. The van der Waals surface area contributed by atoms with Crippen molar-refractivity contribution in [3.63, 3.8) is 0 Å². The maximum absolute atomic E-state index is 13.1. The average Bonchev–Trinajstić information content (AvgIpc) is 3.29. The lowest BCUT2D eigenvalue weighted by molar-refractivity contribution is -0.143. The van der Waals surface area contributed by atoms with Gasteiger partial charge in [-0.15, -0.1) is 0 Å². The number of ketones is 1. The minimum atomic E-state index is -0.0863. The molecule has 1 rings (SSSR count). The third kappa shape index (κ3) is 24.3. The maximum Gasteiger partial charge on any atom is 0.305 e. The fraction of sp³-hybridized carbons (Fsp3) is 0.825. The molecule has 0 aromatic rings. The molecule has 6 heteroatoms. The number of esters is 1. The van der Waals surface area contributed by atoms with E-state index in [1.165, 1.54) is 102 Å². The van der Waals surface area contributed by atoms with Crippen LogP contribution in [0.15, 0.2) is 23.8 Å². The van der Waals surface area contributed by atoms with Crippen molar-refractivity contribution >= 4 is 17.7 Å². The summed E-state index contributed by atoms with van der Waals surface area (Å²) in [6.07, 6.45) is 33.4. The van der Waals surface area contributed by atoms with Crippen molar-refractivity contribution in [1.29, 1.82) is 0 Å². The van der Waals surface area contributed by atoms with Crippen molar-refractivity contribution in [2.75, 3.05) is 39.3 Å². The first kappa shape index (κ1) is 42.1. The third-order valence-electron chi connectivity index (χ3n) is 9.17. The summed E-state index contributed by atoms with van der Waals surface area (Å²) in [4.78, 5) is 41.5. The smallest absolute Gasteiger partial charge is 0.305 e. The lowest BCUT2D eigenvalue weighted by atomic mass is 10.0. The van der Waals surface area contributed by atoms with Gasteiger partial charge in [-0.25, -0.2) is 0 Å². The summed E-state index contributed by atoms with van der Waals surface area (Å²) in [5.74, 6) is 0.290. The molecule has 0 aliphatic carbocycles. The molecular formula is C40H72N2O4. The first-order valence-corrected chi connectivity index (χ1v) is 19.5. The number of unbranched alkanes of at least 4 members (excludes halogenated alkanes) is 16. The first-order valence-electron chi connectivity index (χ1n) is 19.5. The van der Waals surface area contributed by atoms with Gasteiger partial charge in [-0.2, -0.15) is 0 Å². The topological polar surface area (TPSA) is 66.9 Å². The number of carbonyl (C=O) groups excluding carboxylic acids is 3. The average molecular weight is 645 g/mol. The highest BCUT2D eigenvalue weighted by molar-refractivity contribution is 5.92. The Morgan fingerprint density at radius 2 is 1.30 bits per heavy atom. The van der Waals surface area contributed by atoms with E-state index in [1.54, 1.807) is 0 Å². The third-order valence-corrected chi connectivity index (χ3v) is 9.17. The summed E-state index contributed by atoms with van der Waals surface area (Å²) >= 11 is 0. The number of hydrogen-bond donors (Lipinski definition) is 0. The van der Waals surface area contributed by atoms with Gasteiger partial charge >= 0.3 is 5.97 Å². The molecule has 0 radical (unpaired) electrons. The van der Waals surface area contributed by atoms with E-state index in [-0.39, 0.29) is 17.7 Å². The molecule has 0 saturated carbocycles. The normalized spacial score (nSPS) is 14.8. The standard InChI is InChI=1S/C40H72N2O4/c1-4-7-9-11-13-14-15-16-17-18-20-23-30-41(31-24-21-25-34-46-40(45)28-22-19-12-10-8-5-2)36-38(43)35-37-27-26-32-42(33-29-37)39(44)6-3/h21,24,35H,4-20,22-23,25-34,36H2,1-3H3/b24-21-,37-35-. The lowest BCUT2D eigenvalue weighted by Crippen LogP contribution is -2.31. The van der Waals surface area contributed by atoms with Gasteiger partial charge in [0.05, 0.1) is 13.2 Å². The van der Waals surface area contributed by atoms with Crippen molar-refractivity contribution in [3.8, 4) is 0 Å². The van der Waals surface area contributed by atoms with Gasteiger partial charge in [-0.3, -0.25) is 19.3 Å². The Labute approximate surface area is 284 Å². The molecule has 0 aromatic heterocycles. The van der Waals surface area contributed by atoms with Crippen LogP contribution in [0.25, 0.3) is 0 Å². The molecule has 266 valence electrons. The number of amides is 1. The van der Waals surface area contributed by atoms with E-state index >= 15 is 0 Å². The predicted octanol–water partition coefficient (Wildman–Crippen LogP) is 10.1. The van der Waals surface area contributed by atoms with Crippen molar-refractivity contribution in [3.05, 3.63) is 23.8 Å². The fourth-order valence-corrected chi connectivity index (χ4v) is 6.24. The summed E-state index contributed by atoms with van der Waals surface area (Å²) in [6.45, 7) is 10.4. The van der Waals surface area contributed by atoms with Crippen LogP contribution in [0.1, 0.15) is 175 Å². The quantitative estimate of drug-likeness (QED) is 0.0351. The largest absolute Gasteiger partial charge is 0.465 e. The van der Waals surface area contributed by atoms with Crippen LogP contribution >= 0.6 is 0 Å². The monoisotopic (exact) mass is 645 g/mol. The lowest BCUT2D eigenvalue weighted by Gasteiger charge is -2.20. The van der Waals surface area contributed by atoms with Crippen LogP contribution in [-0.4, -0.2) is 66.8 Å². The Morgan fingerprint density at radius 3 is 1.91 bits per heavy atom. The zero-order valence-electron chi connectivity index (χ0n) is 30.5. The highest BCUT2D eigenvalue weighted by Gasteiger charge is 2.17. The molecule has 6 nitrogen and oxygen atoms in total. The van der Waals surface area contributed by atoms with Gasteiger partial charge in [0.15, 0.2) is 5.78 Å². The Morgan fingerprint density at radius 1 is 0.717 bits per heavy atom. The first-order chi connectivity index (χ1) is 22.5. The summed E-state index contributed by atoms with van der Waals surface area (Å²) in [5.41, 5.74) is 1.18. The zero-order chi connectivity index (χ0) is 33.5. The van der Waals surface area contributed by atoms with Crippen LogP contribution in [0.2, 0.25) is 0 Å². The maximum atomic E-state index is 13.1. The summed E-state index contributed by atoms with van der Waals surface area (Å²) in [7, 11) is 0. The van der Waals surface area contributed by atoms with Gasteiger partial charge in [-0.05, 0) is 51.1 Å². The predicted molar refractivity (Wildman–Crippen MR) is 194 cm³/mol. The Balaban J connectivity index is 2.43. The van der Waals surface area contributed by atoms with Gasteiger partial charge in [0.1, 0.15) is 0 Å². The Kier molecular flexibility index (Phi) is 27.8. The molecule has 0 unspecified atom stereocenters. The van der Waals surface area contributed by atoms with Crippen LogP contribution in [0.3, 0.4) is 0 Å². The molecule has 0 N–H and O–H groups in total. The van der Waals surface area contributed by atoms with E-state index in [2.05, 4.69) is 30.9 Å².